The van der Waals surface area contributed by atoms with Crippen molar-refractivity contribution < 1.29 is 4.79 Å². The molecule has 0 heterocycles. The summed E-state index contributed by atoms with van der Waals surface area (Å²) in [6, 6.07) is 27.5. The Morgan fingerprint density at radius 2 is 1.52 bits per heavy atom. The normalized spacial score (nSPS) is 18.5. The Morgan fingerprint density at radius 1 is 0.909 bits per heavy atom. The SMILES string of the molecule is Cc1ccc(CCN(C)C2CCC(C(C(N)=O)(c3ccccc3)c3ccccc3)C2)cc1C. The van der Waals surface area contributed by atoms with Crippen LogP contribution in [-0.2, 0) is 16.6 Å². The molecule has 0 radical (unpaired) electrons. The highest BCUT2D eigenvalue weighted by atomic mass is 16.1. The van der Waals surface area contributed by atoms with Gasteiger partial charge in [0.05, 0.1) is 0 Å². The topological polar surface area (TPSA) is 46.3 Å². The average molecular weight is 441 g/mol. The van der Waals surface area contributed by atoms with Crippen molar-refractivity contribution in [1.29, 1.82) is 0 Å². The second-order valence-electron chi connectivity index (χ2n) is 9.72. The molecular formula is C30H36N2O. The minimum atomic E-state index is -0.799. The van der Waals surface area contributed by atoms with E-state index in [1.165, 1.54) is 16.7 Å². The van der Waals surface area contributed by atoms with Gasteiger partial charge in [-0.1, -0.05) is 78.9 Å². The van der Waals surface area contributed by atoms with E-state index in [4.69, 9.17) is 5.73 Å². The van der Waals surface area contributed by atoms with Crippen molar-refractivity contribution in [2.45, 2.75) is 51.0 Å². The summed E-state index contributed by atoms with van der Waals surface area (Å²) in [7, 11) is 2.23. The van der Waals surface area contributed by atoms with Crippen molar-refractivity contribution in [3.8, 4) is 0 Å². The maximum Gasteiger partial charge on any atom is 0.232 e. The minimum absolute atomic E-state index is 0.175. The van der Waals surface area contributed by atoms with Gasteiger partial charge in [0.15, 0.2) is 0 Å². The molecule has 0 bridgehead atoms. The first-order valence-corrected chi connectivity index (χ1v) is 12.1. The molecule has 3 nitrogen and oxygen atoms in total. The molecule has 3 aromatic rings. The van der Waals surface area contributed by atoms with Gasteiger partial charge in [0.2, 0.25) is 5.91 Å². The van der Waals surface area contributed by atoms with Crippen LogP contribution in [-0.4, -0.2) is 30.4 Å². The molecule has 1 saturated carbocycles. The summed E-state index contributed by atoms with van der Waals surface area (Å²) in [6.45, 7) is 5.36. The number of nitrogens with two attached hydrogens (primary N) is 1. The molecule has 0 saturated heterocycles. The number of carbonyl (C=O) groups excluding carboxylic acids is 1. The standard InChI is InChI=1S/C30H36N2O/c1-22-14-15-24(20-23(22)2)18-19-32(3)28-17-16-27(21-28)30(29(31)33,25-10-6-4-7-11-25)26-12-8-5-9-13-26/h4-15,20,27-28H,16-19,21H2,1-3H3,(H2,31,33). The van der Waals surface area contributed by atoms with Crippen LogP contribution >= 0.6 is 0 Å². The van der Waals surface area contributed by atoms with Gasteiger partial charge in [-0.05, 0) is 80.3 Å². The van der Waals surface area contributed by atoms with Crippen molar-refractivity contribution >= 4 is 5.91 Å². The van der Waals surface area contributed by atoms with Crippen molar-refractivity contribution in [2.24, 2.45) is 11.7 Å². The van der Waals surface area contributed by atoms with E-state index < -0.39 is 5.41 Å². The van der Waals surface area contributed by atoms with Crippen molar-refractivity contribution in [2.75, 3.05) is 13.6 Å². The molecule has 0 spiro atoms. The predicted octanol–water partition coefficient (Wildman–Crippen LogP) is 5.42. The van der Waals surface area contributed by atoms with Crippen LogP contribution < -0.4 is 5.73 Å². The Hall–Kier alpha value is -2.91. The number of aryl methyl sites for hydroxylation is 2. The van der Waals surface area contributed by atoms with Crippen LogP contribution in [0.4, 0.5) is 0 Å². The van der Waals surface area contributed by atoms with Crippen LogP contribution in [0, 0.1) is 19.8 Å². The van der Waals surface area contributed by atoms with Gasteiger partial charge in [-0.25, -0.2) is 0 Å². The van der Waals surface area contributed by atoms with E-state index >= 15 is 0 Å². The molecule has 172 valence electrons. The predicted molar refractivity (Wildman–Crippen MR) is 136 cm³/mol. The molecule has 3 aromatic carbocycles. The summed E-state index contributed by atoms with van der Waals surface area (Å²) < 4.78 is 0. The lowest BCUT2D eigenvalue weighted by atomic mass is 9.64. The highest BCUT2D eigenvalue weighted by molar-refractivity contribution is 5.91. The van der Waals surface area contributed by atoms with Gasteiger partial charge in [-0.3, -0.25) is 4.79 Å². The number of rotatable bonds is 8. The summed E-state index contributed by atoms with van der Waals surface area (Å²) >= 11 is 0. The first-order chi connectivity index (χ1) is 15.9. The number of likely N-dealkylation sites (N-methyl/N-ethyl adjacent to an activating group) is 1. The second kappa shape index (κ2) is 9.93. The average Bonchev–Trinajstić information content (AvgIpc) is 3.32. The Bertz CT molecular complexity index is 1040. The third kappa shape index (κ3) is 4.60. The van der Waals surface area contributed by atoms with Crippen LogP contribution in [0.3, 0.4) is 0 Å². The Kier molecular flexibility index (Phi) is 6.99. The fraction of sp³-hybridized carbons (Fsp3) is 0.367. The van der Waals surface area contributed by atoms with Crippen LogP contribution in [0.2, 0.25) is 0 Å². The van der Waals surface area contributed by atoms with Crippen molar-refractivity contribution in [3.05, 3.63) is 107 Å². The number of benzene rings is 3. The monoisotopic (exact) mass is 440 g/mol. The number of primary amides is 1. The highest BCUT2D eigenvalue weighted by Gasteiger charge is 2.50. The van der Waals surface area contributed by atoms with Crippen LogP contribution in [0.5, 0.6) is 0 Å². The molecule has 4 rings (SSSR count). The summed E-state index contributed by atoms with van der Waals surface area (Å²) in [6.07, 6.45) is 4.08. The molecule has 2 N–H and O–H groups in total. The van der Waals surface area contributed by atoms with Gasteiger partial charge >= 0.3 is 0 Å². The molecule has 3 heteroatoms. The smallest absolute Gasteiger partial charge is 0.232 e. The zero-order chi connectivity index (χ0) is 23.4. The lowest BCUT2D eigenvalue weighted by Gasteiger charge is -2.38. The number of amides is 1. The molecule has 1 aliphatic rings. The maximum atomic E-state index is 13.3. The maximum absolute atomic E-state index is 13.3. The molecule has 1 amide bonds. The highest BCUT2D eigenvalue weighted by Crippen LogP contribution is 2.47. The van der Waals surface area contributed by atoms with E-state index in [1.807, 2.05) is 36.4 Å². The van der Waals surface area contributed by atoms with Crippen LogP contribution in [0.1, 0.15) is 47.1 Å². The minimum Gasteiger partial charge on any atom is -0.369 e. The van der Waals surface area contributed by atoms with Crippen molar-refractivity contribution in [1.82, 2.24) is 4.90 Å². The summed E-state index contributed by atoms with van der Waals surface area (Å²) in [4.78, 5) is 15.7. The van der Waals surface area contributed by atoms with Gasteiger partial charge in [0.1, 0.15) is 5.41 Å². The largest absolute Gasteiger partial charge is 0.369 e. The molecule has 2 atom stereocenters. The van der Waals surface area contributed by atoms with Gasteiger partial charge in [-0.2, -0.15) is 0 Å². The zero-order valence-corrected chi connectivity index (χ0v) is 20.1. The fourth-order valence-electron chi connectivity index (χ4n) is 5.72. The molecule has 0 aromatic heterocycles. The quantitative estimate of drug-likeness (QED) is 0.508. The molecule has 1 fully saturated rings. The van der Waals surface area contributed by atoms with E-state index in [1.54, 1.807) is 0 Å². The summed E-state index contributed by atoms with van der Waals surface area (Å²) in [5, 5.41) is 0. The molecule has 2 unspecified atom stereocenters. The molecule has 33 heavy (non-hydrogen) atoms. The lowest BCUT2D eigenvalue weighted by Crippen LogP contribution is -2.48. The van der Waals surface area contributed by atoms with E-state index in [0.29, 0.717) is 6.04 Å². The van der Waals surface area contributed by atoms with Gasteiger partial charge in [0, 0.05) is 12.6 Å². The molecule has 0 aliphatic heterocycles. The Labute approximate surface area is 198 Å². The number of nitrogens with zero attached hydrogens (tertiary/aromatic N) is 1. The number of hydrogen-bond acceptors (Lipinski definition) is 2. The molecular weight excluding hydrogens is 404 g/mol. The summed E-state index contributed by atoms with van der Waals surface area (Å²) in [5.74, 6) is -0.0720. The first-order valence-electron chi connectivity index (χ1n) is 12.1. The van der Waals surface area contributed by atoms with Gasteiger partial charge < -0.3 is 10.6 Å². The fourth-order valence-corrected chi connectivity index (χ4v) is 5.72. The van der Waals surface area contributed by atoms with Crippen LogP contribution in [0.25, 0.3) is 0 Å². The second-order valence-corrected chi connectivity index (χ2v) is 9.72. The van der Waals surface area contributed by atoms with E-state index in [0.717, 1.165) is 43.4 Å². The van der Waals surface area contributed by atoms with E-state index in [2.05, 4.69) is 68.3 Å². The summed E-state index contributed by atoms with van der Waals surface area (Å²) in [5.41, 5.74) is 11.5. The van der Waals surface area contributed by atoms with Gasteiger partial charge in [-0.15, -0.1) is 0 Å². The third-order valence-corrected chi connectivity index (χ3v) is 7.81. The molecule has 1 aliphatic carbocycles. The Morgan fingerprint density at radius 3 is 2.06 bits per heavy atom. The first kappa shape index (κ1) is 23.3. The lowest BCUT2D eigenvalue weighted by molar-refractivity contribution is -0.123. The number of carbonyl (C=O) groups is 1. The Balaban J connectivity index is 1.56. The van der Waals surface area contributed by atoms with E-state index in [9.17, 15) is 4.79 Å². The van der Waals surface area contributed by atoms with Gasteiger partial charge in [0.25, 0.3) is 0 Å². The van der Waals surface area contributed by atoms with E-state index in [-0.39, 0.29) is 11.8 Å². The zero-order valence-electron chi connectivity index (χ0n) is 20.1. The van der Waals surface area contributed by atoms with Crippen molar-refractivity contribution in [3.63, 3.8) is 0 Å². The number of hydrogen-bond donors (Lipinski definition) is 1. The third-order valence-electron chi connectivity index (χ3n) is 7.81. The van der Waals surface area contributed by atoms with Crippen LogP contribution in [0.15, 0.2) is 78.9 Å².